The van der Waals surface area contributed by atoms with E-state index in [2.05, 4.69) is 10.6 Å². The number of sulfonamides is 1. The summed E-state index contributed by atoms with van der Waals surface area (Å²) in [6.07, 6.45) is 8.01. The molecule has 11 heteroatoms. The van der Waals surface area contributed by atoms with Gasteiger partial charge in [-0.2, -0.15) is 9.04 Å². The zero-order chi connectivity index (χ0) is 27.2. The predicted molar refractivity (Wildman–Crippen MR) is 138 cm³/mol. The number of carbonyl (C=O) groups excluding carboxylic acids is 3. The van der Waals surface area contributed by atoms with Gasteiger partial charge in [0.2, 0.25) is 11.8 Å². The molecule has 2 fully saturated rings. The van der Waals surface area contributed by atoms with E-state index in [1.807, 2.05) is 13.8 Å². The van der Waals surface area contributed by atoms with Gasteiger partial charge in [0.15, 0.2) is 12.0 Å². The smallest absolute Gasteiger partial charge is 0.323 e. The quantitative estimate of drug-likeness (QED) is 0.366. The summed E-state index contributed by atoms with van der Waals surface area (Å²) in [5, 5.41) is 17.3. The first-order valence-electron chi connectivity index (χ1n) is 13.3. The Morgan fingerprint density at radius 1 is 1.14 bits per heavy atom. The predicted octanol–water partition coefficient (Wildman–Crippen LogP) is 2.05. The summed E-state index contributed by atoms with van der Waals surface area (Å²) in [5.74, 6) is -0.563. The molecule has 37 heavy (non-hydrogen) atoms. The Bertz CT molecular complexity index is 1070. The van der Waals surface area contributed by atoms with Gasteiger partial charge in [-0.15, -0.1) is 0 Å². The number of hydrogen-bond donors (Lipinski definition) is 2. The molecule has 2 amide bonds. The highest BCUT2D eigenvalue weighted by atomic mass is 32.2. The van der Waals surface area contributed by atoms with Crippen LogP contribution >= 0.6 is 0 Å². The van der Waals surface area contributed by atoms with Gasteiger partial charge in [-0.3, -0.25) is 14.4 Å². The highest BCUT2D eigenvalue weighted by Gasteiger charge is 2.40. The summed E-state index contributed by atoms with van der Waals surface area (Å²) in [4.78, 5) is 39.0. The summed E-state index contributed by atoms with van der Waals surface area (Å²) in [6, 6.07) is 1.89. The van der Waals surface area contributed by atoms with Crippen LogP contribution in [0.2, 0.25) is 0 Å². The van der Waals surface area contributed by atoms with Crippen molar-refractivity contribution in [1.82, 2.24) is 14.9 Å². The fraction of sp³-hybridized carbons (Fsp3) is 0.692. The fourth-order valence-electron chi connectivity index (χ4n) is 5.22. The van der Waals surface area contributed by atoms with E-state index in [0.29, 0.717) is 25.2 Å². The molecule has 0 radical (unpaired) electrons. The van der Waals surface area contributed by atoms with E-state index >= 15 is 0 Å². The summed E-state index contributed by atoms with van der Waals surface area (Å²) in [6.45, 7) is 5.15. The molecule has 1 aromatic rings. The van der Waals surface area contributed by atoms with Gasteiger partial charge in [-0.25, -0.2) is 8.42 Å². The van der Waals surface area contributed by atoms with Crippen LogP contribution in [0.3, 0.4) is 0 Å². The highest BCUT2D eigenvalue weighted by molar-refractivity contribution is 7.89. The zero-order valence-electron chi connectivity index (χ0n) is 22.0. The van der Waals surface area contributed by atoms with Crippen LogP contribution in [0, 0.1) is 17.0 Å². The number of nitrogens with zero attached hydrogens (tertiary/aromatic N) is 2. The number of ketones is 1. The van der Waals surface area contributed by atoms with Gasteiger partial charge < -0.3 is 15.8 Å². The van der Waals surface area contributed by atoms with E-state index in [0.717, 1.165) is 36.2 Å². The minimum absolute atomic E-state index is 0.140. The lowest BCUT2D eigenvalue weighted by molar-refractivity contribution is -0.646. The molecular formula is C26H40N4O6S. The molecule has 0 spiro atoms. The Morgan fingerprint density at radius 3 is 2.49 bits per heavy atom. The molecule has 1 aliphatic carbocycles. The molecule has 3 rings (SSSR count). The first-order chi connectivity index (χ1) is 17.5. The second kappa shape index (κ2) is 12.8. The SMILES string of the molecule is CC(C)CC(NC(=O)CC1CCCCC1)C(=O)NC1CCC(C)N(S(=O)(=O)c2cccc[n+]2[O-])CC1=O. The average molecular weight is 537 g/mol. The van der Waals surface area contributed by atoms with Crippen LogP contribution in [0.1, 0.15) is 78.6 Å². The maximum atomic E-state index is 13.2. The lowest BCUT2D eigenvalue weighted by atomic mass is 9.86. The lowest BCUT2D eigenvalue weighted by Crippen LogP contribution is -2.53. The number of amides is 2. The molecule has 2 aliphatic rings. The van der Waals surface area contributed by atoms with Crippen molar-refractivity contribution in [3.8, 4) is 0 Å². The number of aromatic nitrogens is 1. The molecule has 206 valence electrons. The molecule has 2 heterocycles. The van der Waals surface area contributed by atoms with E-state index in [1.165, 1.54) is 24.6 Å². The lowest BCUT2D eigenvalue weighted by Gasteiger charge is -2.25. The monoisotopic (exact) mass is 536 g/mol. The van der Waals surface area contributed by atoms with E-state index < -0.39 is 51.4 Å². The Balaban J connectivity index is 1.67. The molecule has 1 saturated heterocycles. The molecule has 1 aromatic heterocycles. The molecule has 2 N–H and O–H groups in total. The minimum Gasteiger partial charge on any atom is -0.618 e. The Labute approximate surface area is 219 Å². The van der Waals surface area contributed by atoms with Gasteiger partial charge in [0.25, 0.3) is 0 Å². The van der Waals surface area contributed by atoms with Gasteiger partial charge in [-0.1, -0.05) is 33.1 Å². The number of Topliss-reactive ketones (excluding diaryl/α,β-unsaturated/α-hetero) is 1. The third-order valence-corrected chi connectivity index (χ3v) is 9.25. The topological polar surface area (TPSA) is 140 Å². The van der Waals surface area contributed by atoms with E-state index in [1.54, 1.807) is 6.92 Å². The Hall–Kier alpha value is -2.53. The fourth-order valence-corrected chi connectivity index (χ4v) is 6.88. The summed E-state index contributed by atoms with van der Waals surface area (Å²) in [7, 11) is -4.22. The molecule has 0 aromatic carbocycles. The first-order valence-corrected chi connectivity index (χ1v) is 14.8. The van der Waals surface area contributed by atoms with Crippen molar-refractivity contribution in [2.45, 2.75) is 102 Å². The van der Waals surface area contributed by atoms with Crippen LogP contribution in [-0.4, -0.2) is 55.0 Å². The summed E-state index contributed by atoms with van der Waals surface area (Å²) >= 11 is 0. The molecule has 3 atom stereocenters. The van der Waals surface area contributed by atoms with Crippen molar-refractivity contribution < 1.29 is 27.5 Å². The van der Waals surface area contributed by atoms with Crippen molar-refractivity contribution in [2.75, 3.05) is 6.54 Å². The van der Waals surface area contributed by atoms with Crippen molar-refractivity contribution in [3.63, 3.8) is 0 Å². The average Bonchev–Trinajstić information content (AvgIpc) is 2.98. The first kappa shape index (κ1) is 29.0. The van der Waals surface area contributed by atoms with E-state index in [4.69, 9.17) is 0 Å². The number of hydrogen-bond acceptors (Lipinski definition) is 6. The zero-order valence-corrected chi connectivity index (χ0v) is 22.8. The highest BCUT2D eigenvalue weighted by Crippen LogP contribution is 2.26. The Morgan fingerprint density at radius 2 is 1.84 bits per heavy atom. The minimum atomic E-state index is -4.22. The molecule has 0 bridgehead atoms. The van der Waals surface area contributed by atoms with Crippen molar-refractivity contribution >= 4 is 27.6 Å². The molecule has 10 nitrogen and oxygen atoms in total. The largest absolute Gasteiger partial charge is 0.618 e. The number of rotatable bonds is 9. The molecule has 1 aliphatic heterocycles. The number of carbonyl (C=O) groups is 3. The summed E-state index contributed by atoms with van der Waals surface area (Å²) < 4.78 is 27.7. The van der Waals surface area contributed by atoms with Crippen molar-refractivity contribution in [2.24, 2.45) is 11.8 Å². The van der Waals surface area contributed by atoms with Gasteiger partial charge in [0, 0.05) is 24.6 Å². The van der Waals surface area contributed by atoms with Gasteiger partial charge in [0.1, 0.15) is 6.04 Å². The molecular weight excluding hydrogens is 496 g/mol. The normalized spacial score (nSPS) is 22.9. The summed E-state index contributed by atoms with van der Waals surface area (Å²) in [5.41, 5.74) is 0. The third kappa shape index (κ3) is 7.73. The second-order valence-corrected chi connectivity index (χ2v) is 12.7. The van der Waals surface area contributed by atoms with Gasteiger partial charge in [0.05, 0.1) is 12.6 Å². The van der Waals surface area contributed by atoms with Crippen LogP contribution in [0.25, 0.3) is 0 Å². The maximum Gasteiger partial charge on any atom is 0.323 e. The van der Waals surface area contributed by atoms with Gasteiger partial charge >= 0.3 is 15.0 Å². The van der Waals surface area contributed by atoms with Crippen LogP contribution in [0.5, 0.6) is 0 Å². The third-order valence-electron chi connectivity index (χ3n) is 7.30. The maximum absolute atomic E-state index is 13.2. The molecule has 1 saturated carbocycles. The van der Waals surface area contributed by atoms with Crippen LogP contribution in [0.4, 0.5) is 0 Å². The number of nitrogens with one attached hydrogen (secondary N) is 2. The van der Waals surface area contributed by atoms with Gasteiger partial charge in [-0.05, 0) is 56.9 Å². The van der Waals surface area contributed by atoms with E-state index in [9.17, 15) is 28.0 Å². The van der Waals surface area contributed by atoms with Crippen LogP contribution in [0.15, 0.2) is 29.4 Å². The molecule has 3 unspecified atom stereocenters. The second-order valence-electron chi connectivity index (χ2n) is 10.8. The van der Waals surface area contributed by atoms with Crippen LogP contribution in [-0.2, 0) is 24.4 Å². The van der Waals surface area contributed by atoms with Crippen molar-refractivity contribution in [1.29, 1.82) is 0 Å². The van der Waals surface area contributed by atoms with Crippen LogP contribution < -0.4 is 15.4 Å². The van der Waals surface area contributed by atoms with E-state index in [-0.39, 0.29) is 23.0 Å². The van der Waals surface area contributed by atoms with Crippen molar-refractivity contribution in [3.05, 3.63) is 29.6 Å². The number of pyridine rings is 1. The Kier molecular flexibility index (Phi) is 10.1. The standard InChI is InChI=1S/C26H40N4O6S/c1-18(2)15-22(27-24(32)16-20-9-5-4-6-10-20)26(33)28-21-13-12-19(3)30(17-23(21)31)37(35,36)25-11-7-8-14-29(25)34/h7-8,11,14,18-22H,4-6,9-10,12-13,15-17H2,1-3H3,(H,27,32)(H,28,33).